The van der Waals surface area contributed by atoms with Gasteiger partial charge in [-0.25, -0.2) is 0 Å². The van der Waals surface area contributed by atoms with Gasteiger partial charge in [-0.05, 0) is 12.0 Å². The van der Waals surface area contributed by atoms with Crippen molar-refractivity contribution < 1.29 is 8.85 Å². The highest BCUT2D eigenvalue weighted by atomic mass is 28.3. The van der Waals surface area contributed by atoms with Crippen molar-refractivity contribution >= 4 is 9.28 Å². The lowest BCUT2D eigenvalue weighted by Crippen LogP contribution is -2.20. The summed E-state index contributed by atoms with van der Waals surface area (Å²) in [6.45, 7) is 4.34. The van der Waals surface area contributed by atoms with Crippen molar-refractivity contribution in [2.45, 2.75) is 19.9 Å². The molecule has 0 aliphatic carbocycles. The molecule has 0 saturated carbocycles. The molecule has 0 aromatic heterocycles. The Morgan fingerprint density at radius 1 is 1.22 bits per heavy atom. The smallest absolute Gasteiger partial charge is 0.384 e. The van der Waals surface area contributed by atoms with Crippen LogP contribution in [0.1, 0.15) is 13.8 Å². The Kier molecular flexibility index (Phi) is 5.04. The minimum atomic E-state index is -0.923. The molecule has 0 aromatic carbocycles. The maximum atomic E-state index is 5.09. The first kappa shape index (κ1) is 9.14. The third-order valence-electron chi connectivity index (χ3n) is 1.03. The molecule has 2 nitrogen and oxygen atoms in total. The topological polar surface area (TPSA) is 18.5 Å². The molecule has 0 spiro atoms. The first-order valence-electron chi connectivity index (χ1n) is 3.14. The molecule has 0 atom stereocenters. The van der Waals surface area contributed by atoms with Crippen LogP contribution in [0.3, 0.4) is 0 Å². The average molecular weight is 147 g/mol. The number of hydrogen-bond acceptors (Lipinski definition) is 2. The molecule has 9 heavy (non-hydrogen) atoms. The Balaban J connectivity index is 3.31. The molecule has 0 rings (SSSR count). The maximum Gasteiger partial charge on any atom is 0.384 e. The lowest BCUT2D eigenvalue weighted by Gasteiger charge is -2.10. The zero-order valence-corrected chi connectivity index (χ0v) is 7.60. The summed E-state index contributed by atoms with van der Waals surface area (Å²) < 4.78 is 10.2. The van der Waals surface area contributed by atoms with Crippen molar-refractivity contribution in [1.82, 2.24) is 0 Å². The van der Waals surface area contributed by atoms with Gasteiger partial charge in [-0.1, -0.05) is 13.8 Å². The second-order valence-electron chi connectivity index (χ2n) is 2.38. The molecule has 0 unspecified atom stereocenters. The van der Waals surface area contributed by atoms with Crippen LogP contribution in [-0.2, 0) is 8.85 Å². The standard InChI is InChI=1S/C6H15O2Si/c1-6(2)5-9(7-3)8-4/h6H,5H2,1-4H3. The fourth-order valence-corrected chi connectivity index (χ4v) is 1.75. The molecule has 3 heteroatoms. The molecular weight excluding hydrogens is 132 g/mol. The SMILES string of the molecule is CO[Si](CC(C)C)OC. The van der Waals surface area contributed by atoms with E-state index in [1.54, 1.807) is 14.2 Å². The van der Waals surface area contributed by atoms with Crippen LogP contribution in [0.2, 0.25) is 6.04 Å². The van der Waals surface area contributed by atoms with Crippen LogP contribution in [0.15, 0.2) is 0 Å². The zero-order chi connectivity index (χ0) is 7.28. The Morgan fingerprint density at radius 3 is 1.78 bits per heavy atom. The summed E-state index contributed by atoms with van der Waals surface area (Å²) in [6.07, 6.45) is 0. The summed E-state index contributed by atoms with van der Waals surface area (Å²) in [6, 6.07) is 1.07. The fraction of sp³-hybridized carbons (Fsp3) is 1.00. The highest BCUT2D eigenvalue weighted by Crippen LogP contribution is 2.05. The van der Waals surface area contributed by atoms with Crippen LogP contribution in [0.25, 0.3) is 0 Å². The van der Waals surface area contributed by atoms with Crippen LogP contribution >= 0.6 is 0 Å². The van der Waals surface area contributed by atoms with Gasteiger partial charge in [0.25, 0.3) is 0 Å². The van der Waals surface area contributed by atoms with E-state index in [1.807, 2.05) is 0 Å². The van der Waals surface area contributed by atoms with Gasteiger partial charge >= 0.3 is 9.28 Å². The molecular formula is C6H15O2Si. The Hall–Kier alpha value is 0.137. The van der Waals surface area contributed by atoms with Crippen molar-refractivity contribution in [3.05, 3.63) is 0 Å². The quantitative estimate of drug-likeness (QED) is 0.560. The third kappa shape index (κ3) is 4.63. The van der Waals surface area contributed by atoms with Crippen molar-refractivity contribution in [2.24, 2.45) is 5.92 Å². The Morgan fingerprint density at radius 2 is 1.67 bits per heavy atom. The van der Waals surface area contributed by atoms with Crippen molar-refractivity contribution in [3.8, 4) is 0 Å². The van der Waals surface area contributed by atoms with E-state index < -0.39 is 9.28 Å². The summed E-state index contributed by atoms with van der Waals surface area (Å²) >= 11 is 0. The van der Waals surface area contributed by atoms with Crippen molar-refractivity contribution in [2.75, 3.05) is 14.2 Å². The van der Waals surface area contributed by atoms with Crippen LogP contribution in [0.4, 0.5) is 0 Å². The lowest BCUT2D eigenvalue weighted by atomic mass is 10.3. The van der Waals surface area contributed by atoms with Gasteiger partial charge in [0, 0.05) is 14.2 Å². The predicted octanol–water partition coefficient (Wildman–Crippen LogP) is 1.42. The van der Waals surface area contributed by atoms with Crippen LogP contribution in [-0.4, -0.2) is 23.5 Å². The molecule has 0 bridgehead atoms. The number of rotatable bonds is 4. The van der Waals surface area contributed by atoms with Gasteiger partial charge < -0.3 is 8.85 Å². The van der Waals surface area contributed by atoms with E-state index in [9.17, 15) is 0 Å². The molecule has 0 saturated heterocycles. The van der Waals surface area contributed by atoms with Crippen LogP contribution < -0.4 is 0 Å². The highest BCUT2D eigenvalue weighted by molar-refractivity contribution is 6.44. The summed E-state index contributed by atoms with van der Waals surface area (Å²) in [5, 5.41) is 0. The summed E-state index contributed by atoms with van der Waals surface area (Å²) in [7, 11) is 2.49. The monoisotopic (exact) mass is 147 g/mol. The van der Waals surface area contributed by atoms with E-state index in [1.165, 1.54) is 0 Å². The van der Waals surface area contributed by atoms with Crippen LogP contribution in [0.5, 0.6) is 0 Å². The molecule has 0 fully saturated rings. The van der Waals surface area contributed by atoms with E-state index in [0.29, 0.717) is 5.92 Å². The summed E-state index contributed by atoms with van der Waals surface area (Å²) in [5.41, 5.74) is 0. The lowest BCUT2D eigenvalue weighted by molar-refractivity contribution is 0.272. The second-order valence-corrected chi connectivity index (χ2v) is 4.35. The molecule has 0 aromatic rings. The van der Waals surface area contributed by atoms with Gasteiger partial charge in [-0.3, -0.25) is 0 Å². The first-order chi connectivity index (χ1) is 4.20. The summed E-state index contributed by atoms with van der Waals surface area (Å²) in [5.74, 6) is 0.679. The predicted molar refractivity (Wildman–Crippen MR) is 39.4 cm³/mol. The Labute approximate surface area is 59.0 Å². The average Bonchev–Trinajstić information content (AvgIpc) is 1.82. The normalized spacial score (nSPS) is 11.3. The van der Waals surface area contributed by atoms with Gasteiger partial charge in [0.05, 0.1) is 0 Å². The highest BCUT2D eigenvalue weighted by Gasteiger charge is 2.12. The van der Waals surface area contributed by atoms with Crippen molar-refractivity contribution in [3.63, 3.8) is 0 Å². The van der Waals surface area contributed by atoms with E-state index >= 15 is 0 Å². The van der Waals surface area contributed by atoms with Crippen LogP contribution in [0, 0.1) is 5.92 Å². The minimum Gasteiger partial charge on any atom is -0.397 e. The molecule has 0 amide bonds. The van der Waals surface area contributed by atoms with E-state index in [-0.39, 0.29) is 0 Å². The van der Waals surface area contributed by atoms with Gasteiger partial charge in [0.15, 0.2) is 0 Å². The maximum absolute atomic E-state index is 5.09. The van der Waals surface area contributed by atoms with Gasteiger partial charge in [0.1, 0.15) is 0 Å². The molecule has 0 aliphatic heterocycles. The fourth-order valence-electron chi connectivity index (χ4n) is 0.583. The Bertz CT molecular complexity index is 62.1. The van der Waals surface area contributed by atoms with Gasteiger partial charge in [0.2, 0.25) is 0 Å². The van der Waals surface area contributed by atoms with Gasteiger partial charge in [-0.15, -0.1) is 0 Å². The molecule has 0 heterocycles. The second kappa shape index (κ2) is 4.96. The van der Waals surface area contributed by atoms with E-state index in [0.717, 1.165) is 6.04 Å². The van der Waals surface area contributed by atoms with E-state index in [2.05, 4.69) is 13.8 Å². The van der Waals surface area contributed by atoms with Gasteiger partial charge in [-0.2, -0.15) is 0 Å². The largest absolute Gasteiger partial charge is 0.397 e. The zero-order valence-electron chi connectivity index (χ0n) is 6.60. The summed E-state index contributed by atoms with van der Waals surface area (Å²) in [4.78, 5) is 0. The molecule has 0 N–H and O–H groups in total. The number of hydrogen-bond donors (Lipinski definition) is 0. The molecule has 1 radical (unpaired) electrons. The minimum absolute atomic E-state index is 0.679. The van der Waals surface area contributed by atoms with E-state index in [4.69, 9.17) is 8.85 Å². The third-order valence-corrected chi connectivity index (χ3v) is 3.09. The molecule has 0 aliphatic rings. The molecule has 55 valence electrons. The van der Waals surface area contributed by atoms with Crippen molar-refractivity contribution in [1.29, 1.82) is 0 Å². The first-order valence-corrected chi connectivity index (χ1v) is 4.66.